The molecule has 1 aromatic rings. The van der Waals surface area contributed by atoms with Gasteiger partial charge in [0.1, 0.15) is 11.4 Å². The Kier molecular flexibility index (Phi) is 5.96. The monoisotopic (exact) mass is 368 g/mol. The fourth-order valence-corrected chi connectivity index (χ4v) is 2.10. The minimum atomic E-state index is -0.490. The quantitative estimate of drug-likeness (QED) is 0.561. The zero-order chi connectivity index (χ0) is 14.6. The molecule has 0 spiro atoms. The highest BCUT2D eigenvalue weighted by Crippen LogP contribution is 2.34. The minimum Gasteiger partial charge on any atom is -0.491 e. The highest BCUT2D eigenvalue weighted by molar-refractivity contribution is 9.10. The van der Waals surface area contributed by atoms with Gasteiger partial charge in [0.25, 0.3) is 0 Å². The molecular formula is C13H15BrCl2O3. The number of esters is 1. The summed E-state index contributed by atoms with van der Waals surface area (Å²) >= 11 is 15.2. The molecule has 0 saturated carbocycles. The summed E-state index contributed by atoms with van der Waals surface area (Å²) in [5.74, 6) is 0.130. The second kappa shape index (κ2) is 6.82. The molecule has 19 heavy (non-hydrogen) atoms. The number of benzene rings is 1. The lowest BCUT2D eigenvalue weighted by Gasteiger charge is -2.19. The topological polar surface area (TPSA) is 35.5 Å². The molecule has 106 valence electrons. The molecule has 0 amide bonds. The molecule has 6 heteroatoms. The van der Waals surface area contributed by atoms with Crippen LogP contribution < -0.4 is 4.74 Å². The van der Waals surface area contributed by atoms with Gasteiger partial charge in [-0.3, -0.25) is 4.79 Å². The van der Waals surface area contributed by atoms with E-state index < -0.39 is 5.60 Å². The van der Waals surface area contributed by atoms with Gasteiger partial charge < -0.3 is 9.47 Å². The highest BCUT2D eigenvalue weighted by Gasteiger charge is 2.16. The van der Waals surface area contributed by atoms with E-state index in [4.69, 9.17) is 32.7 Å². The van der Waals surface area contributed by atoms with Crippen LogP contribution in [0.2, 0.25) is 10.0 Å². The van der Waals surface area contributed by atoms with Crippen LogP contribution in [0.1, 0.15) is 27.2 Å². The standard InChI is InChI=1S/C13H15BrCl2O3/c1-13(2,3)19-12(17)4-5-18-11-7-9(15)8(14)6-10(11)16/h6-7H,4-5H2,1-3H3. The van der Waals surface area contributed by atoms with E-state index in [1.165, 1.54) is 0 Å². The van der Waals surface area contributed by atoms with Crippen LogP contribution >= 0.6 is 39.1 Å². The first-order valence-corrected chi connectivity index (χ1v) is 7.23. The summed E-state index contributed by atoms with van der Waals surface area (Å²) in [6.45, 7) is 5.64. The molecule has 0 aliphatic heterocycles. The second-order valence-corrected chi connectivity index (χ2v) is 6.55. The van der Waals surface area contributed by atoms with Crippen LogP contribution in [0.4, 0.5) is 0 Å². The van der Waals surface area contributed by atoms with Crippen molar-refractivity contribution in [2.45, 2.75) is 32.8 Å². The van der Waals surface area contributed by atoms with Crippen LogP contribution in [0.5, 0.6) is 5.75 Å². The molecule has 0 saturated heterocycles. The molecule has 0 aliphatic carbocycles. The average Bonchev–Trinajstić information content (AvgIpc) is 2.22. The van der Waals surface area contributed by atoms with Crippen LogP contribution in [-0.2, 0) is 9.53 Å². The van der Waals surface area contributed by atoms with Crippen molar-refractivity contribution in [1.29, 1.82) is 0 Å². The van der Waals surface area contributed by atoms with E-state index in [-0.39, 0.29) is 19.0 Å². The van der Waals surface area contributed by atoms with Crippen LogP contribution in [0.3, 0.4) is 0 Å². The summed E-state index contributed by atoms with van der Waals surface area (Å²) < 4.78 is 11.3. The van der Waals surface area contributed by atoms with Gasteiger partial charge in [-0.15, -0.1) is 0 Å². The molecule has 0 atom stereocenters. The van der Waals surface area contributed by atoms with Gasteiger partial charge in [-0.05, 0) is 42.8 Å². The third-order valence-electron chi connectivity index (χ3n) is 1.96. The molecular weight excluding hydrogens is 355 g/mol. The largest absolute Gasteiger partial charge is 0.491 e. The SMILES string of the molecule is CC(C)(C)OC(=O)CCOc1cc(Cl)c(Br)cc1Cl. The zero-order valence-corrected chi connectivity index (χ0v) is 14.0. The maximum absolute atomic E-state index is 11.5. The first-order valence-electron chi connectivity index (χ1n) is 5.68. The Bertz CT molecular complexity index is 470. The Morgan fingerprint density at radius 2 is 1.89 bits per heavy atom. The van der Waals surface area contributed by atoms with Crippen molar-refractivity contribution >= 4 is 45.1 Å². The van der Waals surface area contributed by atoms with Crippen molar-refractivity contribution in [3.63, 3.8) is 0 Å². The van der Waals surface area contributed by atoms with Gasteiger partial charge in [0.05, 0.1) is 23.1 Å². The molecule has 0 aromatic heterocycles. The summed E-state index contributed by atoms with van der Waals surface area (Å²) in [7, 11) is 0. The molecule has 1 rings (SSSR count). The molecule has 0 bridgehead atoms. The summed E-state index contributed by atoms with van der Waals surface area (Å²) in [5, 5.41) is 0.928. The van der Waals surface area contributed by atoms with Gasteiger partial charge in [-0.1, -0.05) is 23.2 Å². The first kappa shape index (κ1) is 16.6. The molecule has 3 nitrogen and oxygen atoms in total. The smallest absolute Gasteiger partial charge is 0.309 e. The molecule has 0 unspecified atom stereocenters. The first-order chi connectivity index (χ1) is 8.69. The minimum absolute atomic E-state index is 0.154. The number of hydrogen-bond acceptors (Lipinski definition) is 3. The number of carbonyl (C=O) groups excluding carboxylic acids is 1. The van der Waals surface area contributed by atoms with Gasteiger partial charge in [0, 0.05) is 10.5 Å². The van der Waals surface area contributed by atoms with Crippen LogP contribution in [0, 0.1) is 0 Å². The van der Waals surface area contributed by atoms with Crippen LogP contribution in [0.15, 0.2) is 16.6 Å². The summed E-state index contributed by atoms with van der Waals surface area (Å²) in [6.07, 6.45) is 0.154. The van der Waals surface area contributed by atoms with Crippen molar-refractivity contribution in [2.24, 2.45) is 0 Å². The highest BCUT2D eigenvalue weighted by atomic mass is 79.9. The number of ether oxygens (including phenoxy) is 2. The van der Waals surface area contributed by atoms with Gasteiger partial charge in [0.2, 0.25) is 0 Å². The second-order valence-electron chi connectivity index (χ2n) is 4.88. The van der Waals surface area contributed by atoms with Crippen molar-refractivity contribution in [1.82, 2.24) is 0 Å². The summed E-state index contributed by atoms with van der Waals surface area (Å²) in [4.78, 5) is 11.5. The fourth-order valence-electron chi connectivity index (χ4n) is 1.25. The molecule has 0 N–H and O–H groups in total. The summed E-state index contributed by atoms with van der Waals surface area (Å²) in [6, 6.07) is 3.25. The molecule has 1 aromatic carbocycles. The average molecular weight is 370 g/mol. The predicted molar refractivity (Wildman–Crippen MR) is 80.1 cm³/mol. The molecule has 0 aliphatic rings. The van der Waals surface area contributed by atoms with E-state index in [1.807, 2.05) is 20.8 Å². The normalized spacial score (nSPS) is 11.3. The van der Waals surface area contributed by atoms with E-state index >= 15 is 0 Å². The van der Waals surface area contributed by atoms with Gasteiger partial charge >= 0.3 is 5.97 Å². The lowest BCUT2D eigenvalue weighted by Crippen LogP contribution is -2.24. The Labute approximate surface area is 131 Å². The van der Waals surface area contributed by atoms with E-state index in [0.717, 1.165) is 0 Å². The third-order valence-corrected chi connectivity index (χ3v) is 3.45. The predicted octanol–water partition coefficient (Wildman–Crippen LogP) is 4.87. The van der Waals surface area contributed by atoms with Crippen LogP contribution in [-0.4, -0.2) is 18.2 Å². The van der Waals surface area contributed by atoms with E-state index in [0.29, 0.717) is 20.3 Å². The number of rotatable bonds is 4. The van der Waals surface area contributed by atoms with Crippen molar-refractivity contribution in [2.75, 3.05) is 6.61 Å². The maximum Gasteiger partial charge on any atom is 0.309 e. The Hall–Kier alpha value is -0.450. The lowest BCUT2D eigenvalue weighted by atomic mass is 10.2. The Balaban J connectivity index is 2.50. The lowest BCUT2D eigenvalue weighted by molar-refractivity contribution is -0.155. The van der Waals surface area contributed by atoms with Crippen molar-refractivity contribution in [3.05, 3.63) is 26.7 Å². The zero-order valence-electron chi connectivity index (χ0n) is 10.9. The van der Waals surface area contributed by atoms with E-state index in [2.05, 4.69) is 15.9 Å². The van der Waals surface area contributed by atoms with Gasteiger partial charge in [-0.2, -0.15) is 0 Å². The van der Waals surface area contributed by atoms with Gasteiger partial charge in [-0.25, -0.2) is 0 Å². The van der Waals surface area contributed by atoms with Crippen molar-refractivity contribution in [3.8, 4) is 5.75 Å². The molecule has 0 heterocycles. The van der Waals surface area contributed by atoms with E-state index in [9.17, 15) is 4.79 Å². The van der Waals surface area contributed by atoms with Crippen LogP contribution in [0.25, 0.3) is 0 Å². The molecule has 0 fully saturated rings. The molecule has 0 radical (unpaired) electrons. The third kappa shape index (κ3) is 6.02. The van der Waals surface area contributed by atoms with Crippen molar-refractivity contribution < 1.29 is 14.3 Å². The van der Waals surface area contributed by atoms with E-state index in [1.54, 1.807) is 12.1 Å². The fraction of sp³-hybridized carbons (Fsp3) is 0.462. The van der Waals surface area contributed by atoms with Gasteiger partial charge in [0.15, 0.2) is 0 Å². The number of carbonyl (C=O) groups is 1. The summed E-state index contributed by atoms with van der Waals surface area (Å²) in [5.41, 5.74) is -0.490. The maximum atomic E-state index is 11.5. The Morgan fingerprint density at radius 3 is 2.47 bits per heavy atom. The number of hydrogen-bond donors (Lipinski definition) is 0. The Morgan fingerprint density at radius 1 is 1.26 bits per heavy atom. The number of halogens is 3.